The summed E-state index contributed by atoms with van der Waals surface area (Å²) in [6, 6.07) is 2.92. The van der Waals surface area contributed by atoms with Gasteiger partial charge in [-0.05, 0) is 6.07 Å². The van der Waals surface area contributed by atoms with Crippen molar-refractivity contribution in [3.8, 4) is 11.4 Å². The van der Waals surface area contributed by atoms with Crippen LogP contribution in [-0.2, 0) is 21.4 Å². The Kier molecular flexibility index (Phi) is 4.91. The number of amides is 1. The lowest BCUT2D eigenvalue weighted by atomic mass is 10.2. The molecule has 0 unspecified atom stereocenters. The SMILES string of the molecule is CN(CC(=O)NCc1nc(-c2cc[nH]c(=O)c2)no1)S(C)(=O)=O. The van der Waals surface area contributed by atoms with E-state index in [2.05, 4.69) is 20.4 Å². The number of hydrogen-bond acceptors (Lipinski definition) is 7. The molecular formula is C12H15N5O5S. The summed E-state index contributed by atoms with van der Waals surface area (Å²) in [5.74, 6) is -0.155. The smallest absolute Gasteiger partial charge is 0.248 e. The fourth-order valence-corrected chi connectivity index (χ4v) is 1.93. The van der Waals surface area contributed by atoms with Gasteiger partial charge in [0.2, 0.25) is 33.2 Å². The standard InChI is InChI=1S/C12H15N5O5S/c1-17(23(2,20)21)7-10(19)14-6-11-15-12(16-22-11)8-3-4-13-9(18)5-8/h3-5H,6-7H2,1-2H3,(H,13,18)(H,14,19). The van der Waals surface area contributed by atoms with Crippen LogP contribution < -0.4 is 10.9 Å². The highest BCUT2D eigenvalue weighted by atomic mass is 32.2. The molecule has 124 valence electrons. The highest BCUT2D eigenvalue weighted by molar-refractivity contribution is 7.88. The monoisotopic (exact) mass is 341 g/mol. The quantitative estimate of drug-likeness (QED) is 0.682. The molecule has 2 aromatic heterocycles. The minimum atomic E-state index is -3.43. The van der Waals surface area contributed by atoms with Gasteiger partial charge in [0.25, 0.3) is 0 Å². The van der Waals surface area contributed by atoms with Gasteiger partial charge in [0.15, 0.2) is 0 Å². The third kappa shape index (κ3) is 4.72. The number of likely N-dealkylation sites (N-methyl/N-ethyl adjacent to an activating group) is 1. The normalized spacial score (nSPS) is 11.6. The summed E-state index contributed by atoms with van der Waals surface area (Å²) in [5, 5.41) is 6.18. The van der Waals surface area contributed by atoms with E-state index >= 15 is 0 Å². The molecule has 0 saturated carbocycles. The topological polar surface area (TPSA) is 138 Å². The number of rotatable bonds is 6. The van der Waals surface area contributed by atoms with Gasteiger partial charge >= 0.3 is 0 Å². The third-order valence-corrected chi connectivity index (χ3v) is 4.13. The number of H-pyrrole nitrogens is 1. The molecule has 0 aliphatic carbocycles. The van der Waals surface area contributed by atoms with Gasteiger partial charge in [-0.2, -0.15) is 9.29 Å². The molecule has 11 heteroatoms. The fraction of sp³-hybridized carbons (Fsp3) is 0.333. The van der Waals surface area contributed by atoms with Crippen molar-refractivity contribution in [1.82, 2.24) is 24.7 Å². The Bertz CT molecular complexity index is 856. The first-order valence-corrected chi connectivity index (χ1v) is 8.30. The van der Waals surface area contributed by atoms with Crippen molar-refractivity contribution in [3.05, 3.63) is 34.6 Å². The first kappa shape index (κ1) is 16.8. The van der Waals surface area contributed by atoms with Gasteiger partial charge in [0, 0.05) is 24.9 Å². The van der Waals surface area contributed by atoms with Crippen LogP contribution in [0.2, 0.25) is 0 Å². The van der Waals surface area contributed by atoms with Gasteiger partial charge in [0.1, 0.15) is 0 Å². The lowest BCUT2D eigenvalue weighted by molar-refractivity contribution is -0.121. The van der Waals surface area contributed by atoms with Crippen LogP contribution in [0.1, 0.15) is 5.89 Å². The van der Waals surface area contributed by atoms with Crippen LogP contribution in [0.4, 0.5) is 0 Å². The minimum Gasteiger partial charge on any atom is -0.346 e. The maximum absolute atomic E-state index is 11.6. The van der Waals surface area contributed by atoms with Gasteiger partial charge in [-0.3, -0.25) is 9.59 Å². The third-order valence-electron chi connectivity index (χ3n) is 2.87. The molecule has 0 radical (unpaired) electrons. The molecule has 1 amide bonds. The Morgan fingerprint density at radius 3 is 2.87 bits per heavy atom. The van der Waals surface area contributed by atoms with Crippen LogP contribution in [0.3, 0.4) is 0 Å². The molecule has 2 N–H and O–H groups in total. The number of carbonyl (C=O) groups is 1. The zero-order valence-electron chi connectivity index (χ0n) is 12.4. The maximum atomic E-state index is 11.6. The van der Waals surface area contributed by atoms with Crippen molar-refractivity contribution in [3.63, 3.8) is 0 Å². The lowest BCUT2D eigenvalue weighted by Crippen LogP contribution is -2.37. The minimum absolute atomic E-state index is 0.0490. The Morgan fingerprint density at radius 2 is 2.22 bits per heavy atom. The van der Waals surface area contributed by atoms with E-state index in [1.165, 1.54) is 19.3 Å². The predicted molar refractivity (Wildman–Crippen MR) is 79.7 cm³/mol. The maximum Gasteiger partial charge on any atom is 0.248 e. The van der Waals surface area contributed by atoms with Crippen LogP contribution in [-0.4, -0.2) is 53.6 Å². The summed E-state index contributed by atoms with van der Waals surface area (Å²) < 4.78 is 28.3. The summed E-state index contributed by atoms with van der Waals surface area (Å²) in [4.78, 5) is 29.4. The molecular weight excluding hydrogens is 326 g/mol. The number of pyridine rings is 1. The van der Waals surface area contributed by atoms with E-state index in [1.807, 2.05) is 0 Å². The number of sulfonamides is 1. The Balaban J connectivity index is 1.95. The average molecular weight is 341 g/mol. The number of nitrogens with zero attached hydrogens (tertiary/aromatic N) is 3. The van der Waals surface area contributed by atoms with Gasteiger partial charge in [-0.1, -0.05) is 5.16 Å². The number of nitrogens with one attached hydrogen (secondary N) is 2. The highest BCUT2D eigenvalue weighted by Crippen LogP contribution is 2.12. The first-order valence-electron chi connectivity index (χ1n) is 6.45. The Hall–Kier alpha value is -2.53. The lowest BCUT2D eigenvalue weighted by Gasteiger charge is -2.12. The van der Waals surface area contributed by atoms with Crippen LogP contribution in [0.5, 0.6) is 0 Å². The molecule has 0 atom stereocenters. The van der Waals surface area contributed by atoms with E-state index in [-0.39, 0.29) is 30.4 Å². The Labute approximate surface area is 131 Å². The molecule has 0 aromatic carbocycles. The van der Waals surface area contributed by atoms with Crippen molar-refractivity contribution in [2.75, 3.05) is 19.8 Å². The van der Waals surface area contributed by atoms with E-state index in [4.69, 9.17) is 4.52 Å². The molecule has 23 heavy (non-hydrogen) atoms. The molecule has 0 aliphatic rings. The summed E-state index contributed by atoms with van der Waals surface area (Å²) in [6.45, 7) is -0.361. The molecule has 0 fully saturated rings. The van der Waals surface area contributed by atoms with Crippen LogP contribution in [0, 0.1) is 0 Å². The Morgan fingerprint density at radius 1 is 1.48 bits per heavy atom. The van der Waals surface area contributed by atoms with Crippen LogP contribution in [0.15, 0.2) is 27.6 Å². The second kappa shape index (κ2) is 6.71. The predicted octanol–water partition coefficient (Wildman–Crippen LogP) is -1.07. The average Bonchev–Trinajstić information content (AvgIpc) is 2.93. The summed E-state index contributed by atoms with van der Waals surface area (Å²) in [6.07, 6.45) is 2.46. The van der Waals surface area contributed by atoms with E-state index in [0.717, 1.165) is 10.6 Å². The number of aromatic amines is 1. The van der Waals surface area contributed by atoms with Gasteiger partial charge in [0.05, 0.1) is 19.3 Å². The first-order chi connectivity index (χ1) is 10.8. The van der Waals surface area contributed by atoms with Gasteiger partial charge in [-0.25, -0.2) is 8.42 Å². The van der Waals surface area contributed by atoms with Crippen molar-refractivity contribution in [1.29, 1.82) is 0 Å². The van der Waals surface area contributed by atoms with Crippen molar-refractivity contribution in [2.45, 2.75) is 6.54 Å². The fourth-order valence-electron chi connectivity index (χ4n) is 1.58. The molecule has 2 aromatic rings. The van der Waals surface area contributed by atoms with Crippen LogP contribution in [0.25, 0.3) is 11.4 Å². The largest absolute Gasteiger partial charge is 0.346 e. The molecule has 2 rings (SSSR count). The number of carbonyl (C=O) groups excluding carboxylic acids is 1. The summed E-state index contributed by atoms with van der Waals surface area (Å²) in [5.41, 5.74) is 0.179. The number of aromatic nitrogens is 3. The zero-order chi connectivity index (χ0) is 17.0. The second-order valence-electron chi connectivity index (χ2n) is 4.75. The molecule has 0 bridgehead atoms. The van der Waals surface area contributed by atoms with Crippen molar-refractivity contribution >= 4 is 15.9 Å². The van der Waals surface area contributed by atoms with Crippen molar-refractivity contribution < 1.29 is 17.7 Å². The molecule has 2 heterocycles. The zero-order valence-corrected chi connectivity index (χ0v) is 13.3. The van der Waals surface area contributed by atoms with Crippen molar-refractivity contribution in [2.24, 2.45) is 0 Å². The van der Waals surface area contributed by atoms with E-state index in [0.29, 0.717) is 5.56 Å². The van der Waals surface area contributed by atoms with Gasteiger partial charge < -0.3 is 14.8 Å². The molecule has 0 aliphatic heterocycles. The van der Waals surface area contributed by atoms with E-state index in [9.17, 15) is 18.0 Å². The summed E-state index contributed by atoms with van der Waals surface area (Å²) >= 11 is 0. The second-order valence-corrected chi connectivity index (χ2v) is 6.84. The highest BCUT2D eigenvalue weighted by Gasteiger charge is 2.16. The summed E-state index contributed by atoms with van der Waals surface area (Å²) in [7, 11) is -2.13. The van der Waals surface area contributed by atoms with E-state index in [1.54, 1.807) is 6.07 Å². The molecule has 10 nitrogen and oxygen atoms in total. The van der Waals surface area contributed by atoms with Crippen LogP contribution >= 0.6 is 0 Å². The van der Waals surface area contributed by atoms with Gasteiger partial charge in [-0.15, -0.1) is 0 Å². The molecule has 0 saturated heterocycles. The van der Waals surface area contributed by atoms with E-state index < -0.39 is 15.9 Å². The molecule has 0 spiro atoms. The number of hydrogen-bond donors (Lipinski definition) is 2.